The number of nitrogen functional groups attached to an aromatic ring is 1. The van der Waals surface area contributed by atoms with Crippen molar-refractivity contribution in [3.63, 3.8) is 0 Å². The third-order valence-electron chi connectivity index (χ3n) is 2.48. The van der Waals surface area contributed by atoms with Crippen molar-refractivity contribution in [1.29, 1.82) is 0 Å². The summed E-state index contributed by atoms with van der Waals surface area (Å²) >= 11 is 0. The number of anilines is 2. The average Bonchev–Trinajstić information content (AvgIpc) is 2.40. The van der Waals surface area contributed by atoms with Gasteiger partial charge >= 0.3 is 0 Å². The molecule has 0 saturated heterocycles. The van der Waals surface area contributed by atoms with E-state index in [-0.39, 0.29) is 0 Å². The van der Waals surface area contributed by atoms with Crippen LogP contribution in [0.2, 0.25) is 0 Å². The first kappa shape index (κ1) is 12.2. The minimum atomic E-state index is 0.605. The van der Waals surface area contributed by atoms with Crippen LogP contribution in [-0.4, -0.2) is 23.6 Å². The van der Waals surface area contributed by atoms with Gasteiger partial charge in [-0.2, -0.15) is 0 Å². The normalized spacial score (nSPS) is 10.1. The maximum Gasteiger partial charge on any atom is 0.213 e. The summed E-state index contributed by atoms with van der Waals surface area (Å²) < 4.78 is 5.31. The van der Waals surface area contributed by atoms with Crippen molar-refractivity contribution in [2.75, 3.05) is 24.7 Å². The van der Waals surface area contributed by atoms with Gasteiger partial charge in [-0.25, -0.2) is 4.98 Å². The molecule has 2 aromatic rings. The molecule has 0 atom stereocenters. The van der Waals surface area contributed by atoms with Gasteiger partial charge in [0, 0.05) is 24.9 Å². The van der Waals surface area contributed by atoms with Gasteiger partial charge in [0.15, 0.2) is 0 Å². The summed E-state index contributed by atoms with van der Waals surface area (Å²) in [7, 11) is 1.84. The first-order chi connectivity index (χ1) is 8.74. The Morgan fingerprint density at radius 3 is 2.72 bits per heavy atom. The lowest BCUT2D eigenvalue weighted by molar-refractivity contribution is 0.327. The summed E-state index contributed by atoms with van der Waals surface area (Å²) in [6.45, 7) is 2.53. The number of nitrogens with zero attached hydrogens (tertiary/aromatic N) is 2. The van der Waals surface area contributed by atoms with Crippen molar-refractivity contribution in [1.82, 2.24) is 9.97 Å². The standard InChI is InChI=1S/C13H16N4O/c1-3-18-12-5-4-9(7-16-12)13-11(15-2)6-10(14)8-17-13/h4-8,15H,3,14H2,1-2H3. The van der Waals surface area contributed by atoms with Gasteiger partial charge in [-0.15, -0.1) is 0 Å². The van der Waals surface area contributed by atoms with E-state index in [1.165, 1.54) is 0 Å². The van der Waals surface area contributed by atoms with Gasteiger partial charge in [-0.3, -0.25) is 4.98 Å². The molecule has 0 aliphatic rings. The molecule has 0 bridgehead atoms. The van der Waals surface area contributed by atoms with Crippen molar-refractivity contribution in [3.05, 3.63) is 30.6 Å². The summed E-state index contributed by atoms with van der Waals surface area (Å²) in [5, 5.41) is 3.07. The van der Waals surface area contributed by atoms with E-state index in [0.717, 1.165) is 16.9 Å². The molecular formula is C13H16N4O. The summed E-state index contributed by atoms with van der Waals surface area (Å²) in [4.78, 5) is 8.55. The van der Waals surface area contributed by atoms with Crippen LogP contribution in [0.4, 0.5) is 11.4 Å². The lowest BCUT2D eigenvalue weighted by Crippen LogP contribution is -1.98. The second-order valence-electron chi connectivity index (χ2n) is 3.73. The van der Waals surface area contributed by atoms with Gasteiger partial charge in [0.2, 0.25) is 5.88 Å². The van der Waals surface area contributed by atoms with E-state index in [2.05, 4.69) is 15.3 Å². The Balaban J connectivity index is 2.36. The zero-order valence-electron chi connectivity index (χ0n) is 10.5. The highest BCUT2D eigenvalue weighted by atomic mass is 16.5. The van der Waals surface area contributed by atoms with Crippen molar-refractivity contribution >= 4 is 11.4 Å². The Morgan fingerprint density at radius 2 is 2.11 bits per heavy atom. The van der Waals surface area contributed by atoms with Gasteiger partial charge < -0.3 is 15.8 Å². The van der Waals surface area contributed by atoms with Gasteiger partial charge in [-0.1, -0.05) is 0 Å². The minimum absolute atomic E-state index is 0.605. The maximum absolute atomic E-state index is 5.71. The summed E-state index contributed by atoms with van der Waals surface area (Å²) in [5.41, 5.74) is 8.95. The largest absolute Gasteiger partial charge is 0.478 e. The van der Waals surface area contributed by atoms with Crippen LogP contribution in [0.3, 0.4) is 0 Å². The molecule has 0 fully saturated rings. The molecule has 2 aromatic heterocycles. The van der Waals surface area contributed by atoms with Gasteiger partial charge in [0.25, 0.3) is 0 Å². The number of rotatable bonds is 4. The van der Waals surface area contributed by atoms with E-state index in [0.29, 0.717) is 18.2 Å². The first-order valence-corrected chi connectivity index (χ1v) is 5.77. The molecule has 0 radical (unpaired) electrons. The number of hydrogen-bond donors (Lipinski definition) is 2. The molecular weight excluding hydrogens is 228 g/mol. The highest BCUT2D eigenvalue weighted by Gasteiger charge is 2.07. The van der Waals surface area contributed by atoms with Crippen LogP contribution in [0.15, 0.2) is 30.6 Å². The molecule has 94 valence electrons. The van der Waals surface area contributed by atoms with E-state index in [1.54, 1.807) is 12.4 Å². The smallest absolute Gasteiger partial charge is 0.213 e. The van der Waals surface area contributed by atoms with Crippen LogP contribution in [-0.2, 0) is 0 Å². The average molecular weight is 244 g/mol. The van der Waals surface area contributed by atoms with Crippen LogP contribution in [0, 0.1) is 0 Å². The van der Waals surface area contributed by atoms with Crippen LogP contribution in [0.5, 0.6) is 5.88 Å². The van der Waals surface area contributed by atoms with Crippen molar-refractivity contribution in [2.24, 2.45) is 0 Å². The number of pyridine rings is 2. The van der Waals surface area contributed by atoms with E-state index in [9.17, 15) is 0 Å². The zero-order chi connectivity index (χ0) is 13.0. The molecule has 0 unspecified atom stereocenters. The molecule has 3 N–H and O–H groups in total. The predicted molar refractivity (Wildman–Crippen MR) is 72.6 cm³/mol. The molecule has 2 rings (SSSR count). The maximum atomic E-state index is 5.71. The monoisotopic (exact) mass is 244 g/mol. The second-order valence-corrected chi connectivity index (χ2v) is 3.73. The fourth-order valence-corrected chi connectivity index (χ4v) is 1.66. The highest BCUT2D eigenvalue weighted by Crippen LogP contribution is 2.27. The molecule has 0 aromatic carbocycles. The second kappa shape index (κ2) is 5.35. The van der Waals surface area contributed by atoms with E-state index in [1.807, 2.05) is 32.2 Å². The van der Waals surface area contributed by atoms with Crippen molar-refractivity contribution in [3.8, 4) is 17.1 Å². The SMILES string of the molecule is CCOc1ccc(-c2ncc(N)cc2NC)cn1. The molecule has 0 aliphatic heterocycles. The van der Waals surface area contributed by atoms with E-state index < -0.39 is 0 Å². The van der Waals surface area contributed by atoms with Crippen molar-refractivity contribution < 1.29 is 4.74 Å². The Morgan fingerprint density at radius 1 is 1.28 bits per heavy atom. The number of hydrogen-bond acceptors (Lipinski definition) is 5. The zero-order valence-corrected chi connectivity index (χ0v) is 10.5. The quantitative estimate of drug-likeness (QED) is 0.862. The fourth-order valence-electron chi connectivity index (χ4n) is 1.66. The third-order valence-corrected chi connectivity index (χ3v) is 2.48. The molecule has 5 heteroatoms. The number of aromatic nitrogens is 2. The Labute approximate surface area is 106 Å². The summed E-state index contributed by atoms with van der Waals surface area (Å²) in [6, 6.07) is 5.60. The van der Waals surface area contributed by atoms with Crippen LogP contribution in [0.25, 0.3) is 11.3 Å². The number of nitrogens with two attached hydrogens (primary N) is 1. The molecule has 0 saturated carbocycles. The first-order valence-electron chi connectivity index (χ1n) is 5.77. The number of nitrogens with one attached hydrogen (secondary N) is 1. The van der Waals surface area contributed by atoms with Crippen LogP contribution in [0.1, 0.15) is 6.92 Å². The molecule has 2 heterocycles. The minimum Gasteiger partial charge on any atom is -0.478 e. The van der Waals surface area contributed by atoms with E-state index in [4.69, 9.17) is 10.5 Å². The Kier molecular flexibility index (Phi) is 3.62. The van der Waals surface area contributed by atoms with Crippen LogP contribution >= 0.6 is 0 Å². The van der Waals surface area contributed by atoms with Gasteiger partial charge in [0.05, 0.1) is 29.9 Å². The predicted octanol–water partition coefficient (Wildman–Crippen LogP) is 2.17. The Bertz CT molecular complexity index is 525. The molecule has 0 amide bonds. The van der Waals surface area contributed by atoms with Crippen molar-refractivity contribution in [2.45, 2.75) is 6.92 Å². The molecule has 5 nitrogen and oxygen atoms in total. The fraction of sp³-hybridized carbons (Fsp3) is 0.231. The highest BCUT2D eigenvalue weighted by molar-refractivity contribution is 5.75. The summed E-state index contributed by atoms with van der Waals surface area (Å²) in [5.74, 6) is 0.614. The van der Waals surface area contributed by atoms with Crippen LogP contribution < -0.4 is 15.8 Å². The van der Waals surface area contributed by atoms with Gasteiger partial charge in [-0.05, 0) is 19.1 Å². The van der Waals surface area contributed by atoms with E-state index >= 15 is 0 Å². The lowest BCUT2D eigenvalue weighted by atomic mass is 10.1. The third kappa shape index (κ3) is 2.51. The molecule has 0 spiro atoms. The van der Waals surface area contributed by atoms with Gasteiger partial charge in [0.1, 0.15) is 0 Å². The topological polar surface area (TPSA) is 73.1 Å². The lowest BCUT2D eigenvalue weighted by Gasteiger charge is -2.09. The molecule has 0 aliphatic carbocycles. The molecule has 18 heavy (non-hydrogen) atoms. The Hall–Kier alpha value is -2.30. The summed E-state index contributed by atoms with van der Waals surface area (Å²) in [6.07, 6.45) is 3.37. The number of ether oxygens (including phenoxy) is 1.